The van der Waals surface area contributed by atoms with Gasteiger partial charge in [-0.05, 0) is 0 Å². The molecular weight excluding hydrogens is 191 g/mol. The zero-order valence-electron chi connectivity index (χ0n) is 6.53. The van der Waals surface area contributed by atoms with E-state index in [2.05, 4.69) is 44.8 Å². The van der Waals surface area contributed by atoms with Gasteiger partial charge in [0.1, 0.15) is 0 Å². The standard InChI is InChI=1S/C7H12N2Se/c1-6(2)9-5-4-8(3)7(9)10/h4-6H,1-3H3. The maximum atomic E-state index is 3.03. The monoisotopic (exact) mass is 204 g/mol. The van der Waals surface area contributed by atoms with Gasteiger partial charge in [-0.2, -0.15) is 0 Å². The van der Waals surface area contributed by atoms with Crippen LogP contribution in [0.25, 0.3) is 0 Å². The van der Waals surface area contributed by atoms with E-state index in [1.165, 1.54) is 4.32 Å². The first-order chi connectivity index (χ1) is 4.63. The summed E-state index contributed by atoms with van der Waals surface area (Å²) < 4.78 is 5.44. The molecule has 56 valence electrons. The van der Waals surface area contributed by atoms with Crippen molar-refractivity contribution in [1.82, 2.24) is 9.13 Å². The van der Waals surface area contributed by atoms with Gasteiger partial charge in [0.15, 0.2) is 0 Å². The van der Waals surface area contributed by atoms with E-state index in [0.29, 0.717) is 6.04 Å². The molecule has 1 rings (SSSR count). The van der Waals surface area contributed by atoms with Crippen LogP contribution in [0, 0.1) is 4.32 Å². The molecule has 0 unspecified atom stereocenters. The van der Waals surface area contributed by atoms with Crippen molar-refractivity contribution in [2.24, 2.45) is 7.05 Å². The summed E-state index contributed by atoms with van der Waals surface area (Å²) in [6, 6.07) is 0.539. The van der Waals surface area contributed by atoms with Crippen molar-refractivity contribution in [3.05, 3.63) is 16.7 Å². The van der Waals surface area contributed by atoms with E-state index >= 15 is 0 Å². The van der Waals surface area contributed by atoms with Crippen molar-refractivity contribution in [3.8, 4) is 0 Å². The van der Waals surface area contributed by atoms with Gasteiger partial charge in [-0.25, -0.2) is 0 Å². The van der Waals surface area contributed by atoms with Crippen LogP contribution in [-0.4, -0.2) is 24.7 Å². The van der Waals surface area contributed by atoms with Crippen molar-refractivity contribution in [2.45, 2.75) is 19.9 Å². The Morgan fingerprint density at radius 2 is 2.00 bits per heavy atom. The Morgan fingerprint density at radius 3 is 2.20 bits per heavy atom. The number of hydrogen-bond donors (Lipinski definition) is 0. The Kier molecular flexibility index (Phi) is 2.17. The number of hydrogen-bond acceptors (Lipinski definition) is 0. The molecule has 0 aliphatic carbocycles. The average Bonchev–Trinajstić information content (AvgIpc) is 2.14. The van der Waals surface area contributed by atoms with Crippen LogP contribution in [0.2, 0.25) is 0 Å². The first-order valence-electron chi connectivity index (χ1n) is 3.36. The summed E-state index contributed by atoms with van der Waals surface area (Å²) in [5.41, 5.74) is 0. The topological polar surface area (TPSA) is 9.86 Å². The van der Waals surface area contributed by atoms with Crippen molar-refractivity contribution in [2.75, 3.05) is 0 Å². The predicted octanol–water partition coefficient (Wildman–Crippen LogP) is 1.11. The molecule has 0 saturated heterocycles. The van der Waals surface area contributed by atoms with Crippen LogP contribution < -0.4 is 0 Å². The van der Waals surface area contributed by atoms with Gasteiger partial charge in [0.05, 0.1) is 0 Å². The minimum atomic E-state index is 0.539. The quantitative estimate of drug-likeness (QED) is 0.605. The Bertz CT molecular complexity index is 269. The molecule has 0 spiro atoms. The summed E-state index contributed by atoms with van der Waals surface area (Å²) >= 11 is 3.03. The van der Waals surface area contributed by atoms with Crippen LogP contribution in [0.5, 0.6) is 0 Å². The Labute approximate surface area is 68.8 Å². The summed E-state index contributed by atoms with van der Waals surface area (Å²) in [6.45, 7) is 4.34. The van der Waals surface area contributed by atoms with Crippen LogP contribution in [0.15, 0.2) is 12.4 Å². The van der Waals surface area contributed by atoms with E-state index < -0.39 is 0 Å². The summed E-state index contributed by atoms with van der Waals surface area (Å²) in [5, 5.41) is 0. The molecule has 1 heterocycles. The second kappa shape index (κ2) is 2.77. The Balaban J connectivity index is 3.18. The van der Waals surface area contributed by atoms with Gasteiger partial charge in [0.25, 0.3) is 0 Å². The van der Waals surface area contributed by atoms with E-state index in [1.54, 1.807) is 0 Å². The SMILES string of the molecule is CC(C)n1ccn(C)c1=[Se]. The fourth-order valence-electron chi connectivity index (χ4n) is 0.874. The summed E-state index contributed by atoms with van der Waals surface area (Å²) in [7, 11) is 2.03. The Morgan fingerprint density at radius 1 is 1.40 bits per heavy atom. The molecule has 0 atom stereocenters. The Hall–Kier alpha value is -0.271. The van der Waals surface area contributed by atoms with Gasteiger partial charge < -0.3 is 0 Å². The first kappa shape index (κ1) is 7.83. The molecule has 2 nitrogen and oxygen atoms in total. The van der Waals surface area contributed by atoms with Crippen LogP contribution in [-0.2, 0) is 7.05 Å². The van der Waals surface area contributed by atoms with E-state index in [-0.39, 0.29) is 0 Å². The number of imidazole rings is 1. The number of nitrogens with zero attached hydrogens (tertiary/aromatic N) is 2. The van der Waals surface area contributed by atoms with E-state index in [9.17, 15) is 0 Å². The van der Waals surface area contributed by atoms with Gasteiger partial charge in [-0.3, -0.25) is 0 Å². The molecule has 0 fully saturated rings. The first-order valence-corrected chi connectivity index (χ1v) is 4.22. The maximum absolute atomic E-state index is 3.03. The van der Waals surface area contributed by atoms with Gasteiger partial charge >= 0.3 is 68.4 Å². The van der Waals surface area contributed by atoms with Crippen LogP contribution in [0.3, 0.4) is 0 Å². The number of aromatic nitrogens is 2. The van der Waals surface area contributed by atoms with E-state index in [0.717, 1.165) is 0 Å². The van der Waals surface area contributed by atoms with Crippen LogP contribution >= 0.6 is 0 Å². The normalized spacial score (nSPS) is 10.8. The predicted molar refractivity (Wildman–Crippen MR) is 42.8 cm³/mol. The molecule has 0 amide bonds. The summed E-state index contributed by atoms with van der Waals surface area (Å²) in [5.74, 6) is 0. The van der Waals surface area contributed by atoms with Gasteiger partial charge in [-0.1, -0.05) is 0 Å². The molecule has 0 radical (unpaired) electrons. The third kappa shape index (κ3) is 1.25. The van der Waals surface area contributed by atoms with E-state index in [4.69, 9.17) is 0 Å². The minimum absolute atomic E-state index is 0.539. The van der Waals surface area contributed by atoms with Gasteiger partial charge in [0.2, 0.25) is 0 Å². The van der Waals surface area contributed by atoms with Crippen molar-refractivity contribution in [3.63, 3.8) is 0 Å². The van der Waals surface area contributed by atoms with Crippen molar-refractivity contribution >= 4 is 15.6 Å². The second-order valence-corrected chi connectivity index (χ2v) is 3.46. The fraction of sp³-hybridized carbons (Fsp3) is 0.571. The third-order valence-electron chi connectivity index (χ3n) is 1.53. The molecule has 0 bridgehead atoms. The van der Waals surface area contributed by atoms with Crippen LogP contribution in [0.4, 0.5) is 0 Å². The van der Waals surface area contributed by atoms with Crippen LogP contribution in [0.1, 0.15) is 19.9 Å². The average molecular weight is 203 g/mol. The van der Waals surface area contributed by atoms with Gasteiger partial charge in [0, 0.05) is 0 Å². The summed E-state index contributed by atoms with van der Waals surface area (Å²) in [4.78, 5) is 0. The molecule has 0 aliphatic rings. The molecule has 0 aliphatic heterocycles. The molecular formula is C7H12N2Se. The van der Waals surface area contributed by atoms with Crippen molar-refractivity contribution < 1.29 is 0 Å². The number of aryl methyl sites for hydroxylation is 1. The zero-order chi connectivity index (χ0) is 7.72. The molecule has 0 saturated carbocycles. The van der Waals surface area contributed by atoms with E-state index in [1.807, 2.05) is 13.2 Å². The second-order valence-electron chi connectivity index (χ2n) is 2.69. The molecule has 3 heteroatoms. The third-order valence-corrected chi connectivity index (χ3v) is 2.58. The molecule has 0 N–H and O–H groups in total. The summed E-state index contributed by atoms with van der Waals surface area (Å²) in [6.07, 6.45) is 4.13. The number of rotatable bonds is 1. The zero-order valence-corrected chi connectivity index (χ0v) is 8.25. The molecule has 1 aromatic heterocycles. The van der Waals surface area contributed by atoms with Gasteiger partial charge in [-0.15, -0.1) is 0 Å². The van der Waals surface area contributed by atoms with Crippen molar-refractivity contribution in [1.29, 1.82) is 0 Å². The molecule has 10 heavy (non-hydrogen) atoms. The molecule has 1 aromatic rings. The fourth-order valence-corrected chi connectivity index (χ4v) is 1.57. The molecule has 0 aromatic carbocycles.